The zero-order valence-corrected chi connectivity index (χ0v) is 15.4. The Labute approximate surface area is 160 Å². The van der Waals surface area contributed by atoms with Crippen molar-refractivity contribution in [3.05, 3.63) is 60.5 Å². The zero-order valence-electron chi connectivity index (χ0n) is 15.4. The molecule has 10 nitrogen and oxygen atoms in total. The molecule has 0 saturated heterocycles. The maximum absolute atomic E-state index is 10.3. The van der Waals surface area contributed by atoms with Crippen molar-refractivity contribution < 1.29 is 20.0 Å². The predicted molar refractivity (Wildman–Crippen MR) is 100 cm³/mol. The molecule has 10 heteroatoms. The predicted octanol–water partition coefficient (Wildman–Crippen LogP) is 0.837. The molecule has 1 aromatic carbocycles. The number of para-hydroxylation sites is 2. The van der Waals surface area contributed by atoms with E-state index in [1.165, 1.54) is 10.9 Å². The molecular weight excluding hydrogens is 362 g/mol. The first-order chi connectivity index (χ1) is 13.6. The molecule has 1 unspecified atom stereocenters. The highest BCUT2D eigenvalue weighted by atomic mass is 16.5. The molecule has 0 amide bonds. The fourth-order valence-corrected chi connectivity index (χ4v) is 2.66. The summed E-state index contributed by atoms with van der Waals surface area (Å²) in [6.07, 6.45) is 2.19. The Kier molecular flexibility index (Phi) is 6.25. The average molecular weight is 384 g/mol. The molecule has 3 rings (SSSR count). The van der Waals surface area contributed by atoms with Crippen LogP contribution in [0.2, 0.25) is 0 Å². The summed E-state index contributed by atoms with van der Waals surface area (Å²) in [6.45, 7) is 2.05. The summed E-state index contributed by atoms with van der Waals surface area (Å²) >= 11 is 0. The number of azo groups is 1. The lowest BCUT2D eigenvalue weighted by Gasteiger charge is -2.03. The minimum Gasteiger partial charge on any atom is -0.395 e. The quantitative estimate of drug-likeness (QED) is 0.146. The van der Waals surface area contributed by atoms with Gasteiger partial charge in [0.25, 0.3) is 6.33 Å². The van der Waals surface area contributed by atoms with Gasteiger partial charge in [0, 0.05) is 12.7 Å². The van der Waals surface area contributed by atoms with E-state index in [0.717, 1.165) is 4.73 Å². The van der Waals surface area contributed by atoms with Crippen LogP contribution in [0.3, 0.4) is 0 Å². The van der Waals surface area contributed by atoms with E-state index in [-0.39, 0.29) is 13.2 Å². The van der Waals surface area contributed by atoms with Crippen LogP contribution in [0, 0.1) is 0 Å². The zero-order chi connectivity index (χ0) is 19.9. The van der Waals surface area contributed by atoms with Crippen LogP contribution in [0.5, 0.6) is 0 Å². The molecular formula is C18H22N7O3+. The second-order valence-corrected chi connectivity index (χ2v) is 5.98. The second kappa shape index (κ2) is 9.02. The number of fused-ring (bicyclic) bond motifs is 1. The van der Waals surface area contributed by atoms with Gasteiger partial charge in [0.15, 0.2) is 16.8 Å². The molecule has 146 valence electrons. The lowest BCUT2D eigenvalue weighted by atomic mass is 10.3. The molecule has 2 heterocycles. The van der Waals surface area contributed by atoms with Gasteiger partial charge in [0.1, 0.15) is 6.54 Å². The van der Waals surface area contributed by atoms with E-state index in [4.69, 9.17) is 5.11 Å². The molecule has 0 spiro atoms. The third-order valence-corrected chi connectivity index (χ3v) is 3.98. The molecule has 0 aliphatic carbocycles. The number of aliphatic hydroxyl groups excluding tert-OH is 2. The normalized spacial score (nSPS) is 14.2. The fourth-order valence-electron chi connectivity index (χ4n) is 2.66. The first-order valence-electron chi connectivity index (χ1n) is 8.71. The summed E-state index contributed by atoms with van der Waals surface area (Å²) in [5.74, 6) is 0.321. The molecule has 2 aromatic heterocycles. The van der Waals surface area contributed by atoms with Gasteiger partial charge in [-0.1, -0.05) is 18.2 Å². The van der Waals surface area contributed by atoms with Crippen LogP contribution >= 0.6 is 0 Å². The van der Waals surface area contributed by atoms with E-state index in [1.54, 1.807) is 42.0 Å². The first kappa shape index (κ1) is 19.4. The Morgan fingerprint density at radius 2 is 1.96 bits per heavy atom. The third-order valence-electron chi connectivity index (χ3n) is 3.98. The van der Waals surface area contributed by atoms with Crippen molar-refractivity contribution in [1.82, 2.24) is 9.30 Å². The summed E-state index contributed by atoms with van der Waals surface area (Å²) in [4.78, 5) is 0. The summed E-state index contributed by atoms with van der Waals surface area (Å²) in [5.41, 5.74) is 1.83. The highest BCUT2D eigenvalue weighted by Crippen LogP contribution is 2.10. The van der Waals surface area contributed by atoms with Gasteiger partial charge in [-0.2, -0.15) is 9.68 Å². The van der Waals surface area contributed by atoms with Crippen LogP contribution in [-0.4, -0.2) is 43.7 Å². The van der Waals surface area contributed by atoms with E-state index >= 15 is 0 Å². The summed E-state index contributed by atoms with van der Waals surface area (Å²) in [6, 6.07) is 12.6. The van der Waals surface area contributed by atoms with Gasteiger partial charge in [-0.05, 0) is 35.9 Å². The molecule has 0 saturated carbocycles. The molecule has 0 fully saturated rings. The molecule has 28 heavy (non-hydrogen) atoms. The van der Waals surface area contributed by atoms with Gasteiger partial charge in [-0.25, -0.2) is 0 Å². The summed E-state index contributed by atoms with van der Waals surface area (Å²) in [7, 11) is 0. The lowest BCUT2D eigenvalue weighted by molar-refractivity contribution is -0.735. The molecule has 0 radical (unpaired) electrons. The van der Waals surface area contributed by atoms with Gasteiger partial charge in [-0.3, -0.25) is 0 Å². The largest absolute Gasteiger partial charge is 0.395 e. The molecule has 0 aliphatic rings. The van der Waals surface area contributed by atoms with Gasteiger partial charge in [-0.15, -0.1) is 15.3 Å². The Morgan fingerprint density at radius 3 is 2.79 bits per heavy atom. The Balaban J connectivity index is 1.70. The molecule has 0 bridgehead atoms. The third kappa shape index (κ3) is 4.48. The molecule has 3 aromatic rings. The van der Waals surface area contributed by atoms with E-state index in [2.05, 4.69) is 20.4 Å². The fraction of sp³-hybridized carbons (Fsp3) is 0.278. The number of hydrogen-bond acceptors (Lipinski definition) is 6. The van der Waals surface area contributed by atoms with E-state index in [0.29, 0.717) is 28.9 Å². The van der Waals surface area contributed by atoms with E-state index in [9.17, 15) is 10.3 Å². The van der Waals surface area contributed by atoms with Crippen molar-refractivity contribution in [3.8, 4) is 0 Å². The van der Waals surface area contributed by atoms with Crippen molar-refractivity contribution in [2.75, 3.05) is 13.2 Å². The van der Waals surface area contributed by atoms with Gasteiger partial charge < -0.3 is 20.0 Å². The van der Waals surface area contributed by atoms with E-state index < -0.39 is 6.23 Å². The maximum atomic E-state index is 10.3. The first-order valence-corrected chi connectivity index (χ1v) is 8.71. The number of benzene rings is 1. The van der Waals surface area contributed by atoms with Crippen molar-refractivity contribution >= 4 is 16.9 Å². The number of aromatic nitrogens is 3. The highest BCUT2D eigenvalue weighted by molar-refractivity contribution is 5.79. The number of amidine groups is 1. The van der Waals surface area contributed by atoms with Crippen LogP contribution in [0.15, 0.2) is 75.4 Å². The van der Waals surface area contributed by atoms with Crippen LogP contribution in [0.25, 0.3) is 11.0 Å². The van der Waals surface area contributed by atoms with Gasteiger partial charge in [0.2, 0.25) is 11.7 Å². The van der Waals surface area contributed by atoms with Gasteiger partial charge >= 0.3 is 0 Å². The number of hydrogen-bond donors (Lipinski definition) is 3. The lowest BCUT2D eigenvalue weighted by Crippen LogP contribution is -2.40. The second-order valence-electron chi connectivity index (χ2n) is 5.98. The Bertz CT molecular complexity index is 1070. The topological polar surface area (TPSA) is 124 Å². The molecule has 0 aliphatic heterocycles. The van der Waals surface area contributed by atoms with Crippen LogP contribution in [0.1, 0.15) is 13.2 Å². The van der Waals surface area contributed by atoms with Crippen molar-refractivity contribution in [3.63, 3.8) is 0 Å². The summed E-state index contributed by atoms with van der Waals surface area (Å²) in [5, 5.41) is 45.3. The molecule has 3 N–H and O–H groups in total. The minimum atomic E-state index is -0.993. The van der Waals surface area contributed by atoms with E-state index in [1.807, 2.05) is 18.2 Å². The SMILES string of the molecule is CC(N=NCC(O)[n+]1cn(O)c2ccccc21)=NN=c1ccccn1CCO. The summed E-state index contributed by atoms with van der Waals surface area (Å²) < 4.78 is 4.22. The van der Waals surface area contributed by atoms with Crippen LogP contribution in [0.4, 0.5) is 0 Å². The van der Waals surface area contributed by atoms with Crippen molar-refractivity contribution in [2.24, 2.45) is 20.4 Å². The number of pyridine rings is 1. The van der Waals surface area contributed by atoms with Crippen molar-refractivity contribution in [2.45, 2.75) is 19.7 Å². The highest BCUT2D eigenvalue weighted by Gasteiger charge is 2.20. The number of rotatable bonds is 6. The Morgan fingerprint density at radius 1 is 1.18 bits per heavy atom. The average Bonchev–Trinajstić information content (AvgIpc) is 3.04. The Hall–Kier alpha value is -3.37. The minimum absolute atomic E-state index is 0.000587. The van der Waals surface area contributed by atoms with Crippen LogP contribution < -0.4 is 10.1 Å². The van der Waals surface area contributed by atoms with Crippen molar-refractivity contribution in [1.29, 1.82) is 0 Å². The standard InChI is InChI=1S/C18H22N7O3/c1-14(21-22-17-8-4-5-9-23(17)10-11-26)20-19-12-18(27)24-13-25(28)16-7-3-2-6-15(16)24/h2-9,13,18,26-28H,10-12H2,1H3/q+1. The monoisotopic (exact) mass is 384 g/mol. The van der Waals surface area contributed by atoms with Crippen LogP contribution in [-0.2, 0) is 6.54 Å². The number of aliphatic hydroxyl groups is 2. The molecule has 1 atom stereocenters. The number of imidazole rings is 1. The number of nitrogens with zero attached hydrogens (tertiary/aromatic N) is 7. The smallest absolute Gasteiger partial charge is 0.287 e. The van der Waals surface area contributed by atoms with Gasteiger partial charge in [0.05, 0.1) is 6.61 Å². The maximum Gasteiger partial charge on any atom is 0.287 e.